The van der Waals surface area contributed by atoms with Crippen molar-refractivity contribution in [2.45, 2.75) is 25.9 Å². The van der Waals surface area contributed by atoms with Crippen molar-refractivity contribution in [2.24, 2.45) is 0 Å². The van der Waals surface area contributed by atoms with Crippen molar-refractivity contribution in [2.75, 3.05) is 0 Å². The summed E-state index contributed by atoms with van der Waals surface area (Å²) in [4.78, 5) is 8.16. The zero-order chi connectivity index (χ0) is 21.2. The van der Waals surface area contributed by atoms with Crippen LogP contribution in [0.4, 0.5) is 26.3 Å². The number of benzene rings is 2. The first-order valence-corrected chi connectivity index (χ1v) is 8.54. The van der Waals surface area contributed by atoms with Gasteiger partial charge in [-0.25, -0.2) is 27.5 Å². The van der Waals surface area contributed by atoms with Crippen molar-refractivity contribution in [3.8, 4) is 17.1 Å². The van der Waals surface area contributed by atoms with Crippen molar-refractivity contribution >= 4 is 0 Å². The number of ether oxygens (including phenoxy) is 1. The van der Waals surface area contributed by atoms with Crippen LogP contribution in [0, 0.1) is 23.3 Å². The number of hydrogen-bond donors (Lipinski definition) is 0. The first-order chi connectivity index (χ1) is 13.7. The van der Waals surface area contributed by atoms with E-state index >= 15 is 0 Å². The number of hydrogen-bond acceptors (Lipinski definition) is 3. The Labute approximate surface area is 162 Å². The standard InChI is InChI=1S/C20H14F6N2O/c1-2-3-11-9-27-19(28-10-11)12-4-5-14(15(21)6-12)20(25,26)29-13-7-16(22)18(24)17(23)8-13/h4-10H,2-3H2,1H3. The summed E-state index contributed by atoms with van der Waals surface area (Å²) in [5.41, 5.74) is -0.134. The lowest BCUT2D eigenvalue weighted by Gasteiger charge is -2.19. The van der Waals surface area contributed by atoms with E-state index in [-0.39, 0.29) is 23.5 Å². The third kappa shape index (κ3) is 4.49. The highest BCUT2D eigenvalue weighted by Gasteiger charge is 2.38. The summed E-state index contributed by atoms with van der Waals surface area (Å²) in [7, 11) is 0. The van der Waals surface area contributed by atoms with Crippen LogP contribution in [-0.2, 0) is 12.5 Å². The average Bonchev–Trinajstić information content (AvgIpc) is 2.66. The minimum atomic E-state index is -4.27. The van der Waals surface area contributed by atoms with Gasteiger partial charge in [0.1, 0.15) is 11.6 Å². The summed E-state index contributed by atoms with van der Waals surface area (Å²) in [5, 5.41) is 0. The highest BCUT2D eigenvalue weighted by atomic mass is 19.3. The molecule has 3 nitrogen and oxygen atoms in total. The molecule has 1 heterocycles. The lowest BCUT2D eigenvalue weighted by atomic mass is 10.1. The van der Waals surface area contributed by atoms with Crippen LogP contribution in [0.3, 0.4) is 0 Å². The second-order valence-corrected chi connectivity index (χ2v) is 6.18. The second-order valence-electron chi connectivity index (χ2n) is 6.18. The molecular formula is C20H14F6N2O. The van der Waals surface area contributed by atoms with Crippen LogP contribution in [0.5, 0.6) is 5.75 Å². The van der Waals surface area contributed by atoms with Gasteiger partial charge >= 0.3 is 6.11 Å². The molecule has 152 valence electrons. The normalized spacial score (nSPS) is 11.6. The van der Waals surface area contributed by atoms with E-state index in [1.165, 1.54) is 0 Å². The molecule has 1 aromatic heterocycles. The summed E-state index contributed by atoms with van der Waals surface area (Å²) in [6, 6.07) is 3.20. The molecule has 0 unspecified atom stereocenters. The molecule has 3 aromatic rings. The van der Waals surface area contributed by atoms with Gasteiger partial charge in [0.15, 0.2) is 23.3 Å². The topological polar surface area (TPSA) is 35.0 Å². The summed E-state index contributed by atoms with van der Waals surface area (Å²) >= 11 is 0. The second kappa shape index (κ2) is 8.10. The van der Waals surface area contributed by atoms with Crippen LogP contribution in [-0.4, -0.2) is 9.97 Å². The SMILES string of the molecule is CCCc1cnc(-c2ccc(C(F)(F)Oc3cc(F)c(F)c(F)c3)c(F)c2)nc1. The Hall–Kier alpha value is -3.10. The number of aromatic nitrogens is 2. The van der Waals surface area contributed by atoms with Gasteiger partial charge < -0.3 is 4.74 Å². The Kier molecular flexibility index (Phi) is 5.76. The van der Waals surface area contributed by atoms with E-state index in [4.69, 9.17) is 0 Å². The maximum atomic E-state index is 14.3. The minimum absolute atomic E-state index is 0.141. The zero-order valence-corrected chi connectivity index (χ0v) is 15.0. The first kappa shape index (κ1) is 20.6. The summed E-state index contributed by atoms with van der Waals surface area (Å²) in [6.07, 6.45) is 0.510. The van der Waals surface area contributed by atoms with Crippen LogP contribution < -0.4 is 4.74 Å². The van der Waals surface area contributed by atoms with E-state index in [1.54, 1.807) is 12.4 Å². The molecule has 3 rings (SSSR count). The lowest BCUT2D eigenvalue weighted by molar-refractivity contribution is -0.187. The maximum Gasteiger partial charge on any atom is 0.429 e. The van der Waals surface area contributed by atoms with Crippen LogP contribution >= 0.6 is 0 Å². The Bertz CT molecular complexity index is 1000. The van der Waals surface area contributed by atoms with E-state index in [9.17, 15) is 26.3 Å². The molecule has 0 bridgehead atoms. The number of aryl methyl sites for hydroxylation is 1. The largest absolute Gasteiger partial charge is 0.429 e. The molecule has 9 heteroatoms. The molecule has 0 saturated carbocycles. The van der Waals surface area contributed by atoms with Crippen molar-refractivity contribution in [1.82, 2.24) is 9.97 Å². The number of halogens is 6. The molecule has 0 radical (unpaired) electrons. The van der Waals surface area contributed by atoms with Gasteiger partial charge in [-0.05, 0) is 24.1 Å². The van der Waals surface area contributed by atoms with E-state index in [0.717, 1.165) is 36.6 Å². The predicted octanol–water partition coefficient (Wildman–Crippen LogP) is 5.78. The van der Waals surface area contributed by atoms with Gasteiger partial charge in [0.2, 0.25) is 0 Å². The molecular weight excluding hydrogens is 398 g/mol. The fourth-order valence-electron chi connectivity index (χ4n) is 2.61. The van der Waals surface area contributed by atoms with E-state index < -0.39 is 40.7 Å². The Balaban J connectivity index is 1.86. The monoisotopic (exact) mass is 412 g/mol. The molecule has 0 amide bonds. The van der Waals surface area contributed by atoms with Crippen molar-refractivity contribution in [3.05, 3.63) is 77.1 Å². The van der Waals surface area contributed by atoms with Gasteiger partial charge in [0.05, 0.1) is 5.56 Å². The van der Waals surface area contributed by atoms with E-state index in [2.05, 4.69) is 14.7 Å². The van der Waals surface area contributed by atoms with Gasteiger partial charge in [-0.1, -0.05) is 19.4 Å². The molecule has 0 aliphatic heterocycles. The molecule has 0 fully saturated rings. The third-order valence-corrected chi connectivity index (χ3v) is 3.99. The molecule has 0 aliphatic carbocycles. The van der Waals surface area contributed by atoms with Gasteiger partial charge in [0, 0.05) is 30.1 Å². The highest BCUT2D eigenvalue weighted by molar-refractivity contribution is 5.55. The summed E-state index contributed by atoms with van der Waals surface area (Å²) < 4.78 is 86.5. The maximum absolute atomic E-state index is 14.3. The lowest BCUT2D eigenvalue weighted by Crippen LogP contribution is -2.23. The molecule has 0 spiro atoms. The average molecular weight is 412 g/mol. The van der Waals surface area contributed by atoms with E-state index in [1.807, 2.05) is 6.92 Å². The Morgan fingerprint density at radius 2 is 1.52 bits per heavy atom. The smallest absolute Gasteiger partial charge is 0.429 e. The fraction of sp³-hybridized carbons (Fsp3) is 0.200. The molecule has 0 aliphatic rings. The quantitative estimate of drug-likeness (QED) is 0.380. The Morgan fingerprint density at radius 3 is 2.07 bits per heavy atom. The molecule has 0 N–H and O–H groups in total. The fourth-order valence-corrected chi connectivity index (χ4v) is 2.61. The molecule has 0 saturated heterocycles. The zero-order valence-electron chi connectivity index (χ0n) is 15.0. The van der Waals surface area contributed by atoms with Gasteiger partial charge in [-0.3, -0.25) is 0 Å². The van der Waals surface area contributed by atoms with Crippen molar-refractivity contribution in [3.63, 3.8) is 0 Å². The van der Waals surface area contributed by atoms with Gasteiger partial charge in [-0.15, -0.1) is 0 Å². The van der Waals surface area contributed by atoms with Crippen LogP contribution in [0.1, 0.15) is 24.5 Å². The highest BCUT2D eigenvalue weighted by Crippen LogP contribution is 2.35. The van der Waals surface area contributed by atoms with Gasteiger partial charge in [-0.2, -0.15) is 8.78 Å². The predicted molar refractivity (Wildman–Crippen MR) is 92.3 cm³/mol. The van der Waals surface area contributed by atoms with Crippen molar-refractivity contribution in [1.29, 1.82) is 0 Å². The molecule has 2 aromatic carbocycles. The number of rotatable bonds is 6. The summed E-state index contributed by atoms with van der Waals surface area (Å²) in [6.45, 7) is 1.99. The van der Waals surface area contributed by atoms with Crippen LogP contribution in [0.25, 0.3) is 11.4 Å². The number of nitrogens with zero attached hydrogens (tertiary/aromatic N) is 2. The number of alkyl halides is 2. The Morgan fingerprint density at radius 1 is 0.897 bits per heavy atom. The van der Waals surface area contributed by atoms with Gasteiger partial charge in [0.25, 0.3) is 0 Å². The van der Waals surface area contributed by atoms with E-state index in [0.29, 0.717) is 0 Å². The minimum Gasteiger partial charge on any atom is -0.429 e. The van der Waals surface area contributed by atoms with Crippen LogP contribution in [0.15, 0.2) is 42.7 Å². The summed E-state index contributed by atoms with van der Waals surface area (Å²) in [5.74, 6) is -7.45. The molecule has 29 heavy (non-hydrogen) atoms. The van der Waals surface area contributed by atoms with Crippen LogP contribution in [0.2, 0.25) is 0 Å². The van der Waals surface area contributed by atoms with Crippen molar-refractivity contribution < 1.29 is 31.1 Å². The molecule has 0 atom stereocenters. The third-order valence-electron chi connectivity index (χ3n) is 3.99. The first-order valence-electron chi connectivity index (χ1n) is 8.54.